The number of para-hydroxylation sites is 1. The Kier molecular flexibility index (Phi) is 7.17. The van der Waals surface area contributed by atoms with Crippen LogP contribution in [0.25, 0.3) is 22.0 Å². The van der Waals surface area contributed by atoms with Gasteiger partial charge in [0.1, 0.15) is 9.71 Å². The second-order valence-corrected chi connectivity index (χ2v) is 11.1. The fraction of sp³-hybridized carbons (Fsp3) is 0.207. The third kappa shape index (κ3) is 5.19. The van der Waals surface area contributed by atoms with Gasteiger partial charge in [-0.3, -0.25) is 9.78 Å². The first kappa shape index (κ1) is 24.9. The van der Waals surface area contributed by atoms with E-state index < -0.39 is 9.71 Å². The van der Waals surface area contributed by atoms with Crippen LogP contribution in [0.2, 0.25) is 0 Å². The van der Waals surface area contributed by atoms with E-state index in [1.54, 1.807) is 17.4 Å². The van der Waals surface area contributed by atoms with Crippen LogP contribution in [0, 0.1) is 0 Å². The van der Waals surface area contributed by atoms with Crippen LogP contribution in [0.4, 0.5) is 0 Å². The second kappa shape index (κ2) is 10.7. The molecule has 8 heteroatoms. The maximum Gasteiger partial charge on any atom is 0.254 e. The standard InChI is InChI=1S/C29H27N3O4S/c33-15-13-31-37(36,20-34)27-11-9-22(10-12-27)29(35)32-14-3-5-21-7-8-23(16-26(21)19-32)25-17-24-4-1-2-6-28(24)30-18-25/h1-2,4,6-12,16-18,33H,3,5,13-15,19H2,(H,31,36). The van der Waals surface area contributed by atoms with Gasteiger partial charge in [-0.05, 0) is 72.0 Å². The number of fused-ring (bicyclic) bond motifs is 2. The molecular weight excluding hydrogens is 486 g/mol. The molecule has 5 rings (SSSR count). The molecule has 1 unspecified atom stereocenters. The lowest BCUT2D eigenvalue weighted by molar-refractivity contribution is 0.0746. The highest BCUT2D eigenvalue weighted by Gasteiger charge is 2.22. The van der Waals surface area contributed by atoms with Crippen LogP contribution >= 0.6 is 0 Å². The zero-order chi connectivity index (χ0) is 25.8. The minimum absolute atomic E-state index is 0.000796. The smallest absolute Gasteiger partial charge is 0.254 e. The van der Waals surface area contributed by atoms with Crippen molar-refractivity contribution in [2.75, 3.05) is 19.7 Å². The maximum atomic E-state index is 13.4. The SMILES string of the molecule is O=C=S(=O)(NCCO)c1ccc(C(=O)N2CCCc3ccc(-c4cnc5ccccc5c4)cc3C2)cc1. The summed E-state index contributed by atoms with van der Waals surface area (Å²) in [5.74, 6) is -0.123. The highest BCUT2D eigenvalue weighted by atomic mass is 32.2. The molecule has 188 valence electrons. The molecule has 0 saturated carbocycles. The van der Waals surface area contributed by atoms with E-state index >= 15 is 0 Å². The zero-order valence-corrected chi connectivity index (χ0v) is 21.0. The minimum Gasteiger partial charge on any atom is -0.395 e. The zero-order valence-electron chi connectivity index (χ0n) is 20.2. The summed E-state index contributed by atoms with van der Waals surface area (Å²) in [6.07, 6.45) is 3.63. The number of benzene rings is 3. The van der Waals surface area contributed by atoms with Gasteiger partial charge in [0.15, 0.2) is 0 Å². The average Bonchev–Trinajstić information content (AvgIpc) is 3.17. The number of aliphatic hydroxyl groups excluding tert-OH is 1. The van der Waals surface area contributed by atoms with E-state index in [-0.39, 0.29) is 24.0 Å². The van der Waals surface area contributed by atoms with Gasteiger partial charge >= 0.3 is 0 Å². The van der Waals surface area contributed by atoms with Crippen LogP contribution in [0.15, 0.2) is 83.9 Å². The van der Waals surface area contributed by atoms with Gasteiger partial charge < -0.3 is 10.0 Å². The van der Waals surface area contributed by atoms with Crippen LogP contribution < -0.4 is 4.72 Å². The first-order chi connectivity index (χ1) is 18.0. The second-order valence-electron chi connectivity index (χ2n) is 9.01. The summed E-state index contributed by atoms with van der Waals surface area (Å²) in [4.78, 5) is 31.4. The fourth-order valence-electron chi connectivity index (χ4n) is 4.67. The summed E-state index contributed by atoms with van der Waals surface area (Å²) < 4.78 is 15.3. The molecule has 0 radical (unpaired) electrons. The topological polar surface area (TPSA) is 99.6 Å². The highest BCUT2D eigenvalue weighted by molar-refractivity contribution is 7.98. The number of hydrogen-bond acceptors (Lipinski definition) is 5. The molecule has 3 aromatic carbocycles. The number of aromatic nitrogens is 1. The van der Waals surface area contributed by atoms with Crippen molar-refractivity contribution >= 4 is 31.8 Å². The monoisotopic (exact) mass is 513 g/mol. The molecule has 0 spiro atoms. The van der Waals surface area contributed by atoms with Crippen molar-refractivity contribution in [3.8, 4) is 11.1 Å². The van der Waals surface area contributed by atoms with Gasteiger partial charge in [0.2, 0.25) is 5.23 Å². The summed E-state index contributed by atoms with van der Waals surface area (Å²) in [6.45, 7) is 0.852. The maximum absolute atomic E-state index is 13.4. The molecule has 4 aromatic rings. The van der Waals surface area contributed by atoms with Gasteiger partial charge in [-0.1, -0.05) is 30.3 Å². The Labute approximate surface area is 215 Å². The van der Waals surface area contributed by atoms with E-state index in [9.17, 15) is 13.8 Å². The number of nitrogens with one attached hydrogen (secondary N) is 1. The van der Waals surface area contributed by atoms with E-state index in [1.165, 1.54) is 17.7 Å². The minimum atomic E-state index is -3.27. The first-order valence-electron chi connectivity index (χ1n) is 12.2. The third-order valence-electron chi connectivity index (χ3n) is 6.62. The molecule has 2 N–H and O–H groups in total. The largest absolute Gasteiger partial charge is 0.395 e. The van der Waals surface area contributed by atoms with Gasteiger partial charge in [0.25, 0.3) is 5.91 Å². The lowest BCUT2D eigenvalue weighted by atomic mass is 9.97. The molecule has 1 aliphatic rings. The predicted octanol–water partition coefficient (Wildman–Crippen LogP) is 3.70. The van der Waals surface area contributed by atoms with Crippen molar-refractivity contribution in [2.45, 2.75) is 24.3 Å². The lowest BCUT2D eigenvalue weighted by Crippen LogP contribution is -2.31. The number of rotatable bonds is 6. The van der Waals surface area contributed by atoms with Gasteiger partial charge in [0.05, 0.1) is 17.0 Å². The summed E-state index contributed by atoms with van der Waals surface area (Å²) in [6, 6.07) is 22.7. The molecule has 2 heterocycles. The Bertz CT molecular complexity index is 1600. The number of carbonyl (C=O) groups is 1. The van der Waals surface area contributed by atoms with E-state index in [2.05, 4.69) is 40.0 Å². The molecule has 1 amide bonds. The molecule has 0 bridgehead atoms. The average molecular weight is 514 g/mol. The Balaban J connectivity index is 1.39. The molecule has 0 aliphatic carbocycles. The lowest BCUT2D eigenvalue weighted by Gasteiger charge is -2.21. The van der Waals surface area contributed by atoms with Gasteiger partial charge in [-0.15, -0.1) is 0 Å². The summed E-state index contributed by atoms with van der Waals surface area (Å²) in [7, 11) is -3.27. The van der Waals surface area contributed by atoms with Crippen molar-refractivity contribution in [3.05, 3.63) is 95.7 Å². The van der Waals surface area contributed by atoms with Gasteiger partial charge in [-0.2, -0.15) is 0 Å². The molecule has 7 nitrogen and oxygen atoms in total. The van der Waals surface area contributed by atoms with Gasteiger partial charge in [0, 0.05) is 42.3 Å². The molecule has 1 atom stereocenters. The molecule has 0 fully saturated rings. The fourth-order valence-corrected chi connectivity index (χ4v) is 5.89. The number of hydrogen-bond donors (Lipinski definition) is 2. The third-order valence-corrected chi connectivity index (χ3v) is 8.40. The van der Waals surface area contributed by atoms with E-state index in [1.807, 2.05) is 29.3 Å². The number of carbonyl (C=O) groups excluding carboxylic acids is 2. The highest BCUT2D eigenvalue weighted by Crippen LogP contribution is 2.28. The van der Waals surface area contributed by atoms with Crippen molar-refractivity contribution < 1.29 is 18.9 Å². The van der Waals surface area contributed by atoms with E-state index in [0.717, 1.165) is 40.4 Å². The van der Waals surface area contributed by atoms with Crippen LogP contribution in [0.1, 0.15) is 27.9 Å². The molecule has 1 aliphatic heterocycles. The summed E-state index contributed by atoms with van der Waals surface area (Å²) in [5, 5.41) is 11.6. The Hall–Kier alpha value is -3.81. The van der Waals surface area contributed by atoms with Crippen molar-refractivity contribution in [2.24, 2.45) is 0 Å². The van der Waals surface area contributed by atoms with E-state index in [0.29, 0.717) is 18.7 Å². The number of aryl methyl sites for hydroxylation is 1. The predicted molar refractivity (Wildman–Crippen MR) is 144 cm³/mol. The normalized spacial score (nSPS) is 14.9. The van der Waals surface area contributed by atoms with Crippen molar-refractivity contribution in [1.29, 1.82) is 0 Å². The quantitative estimate of drug-likeness (QED) is 0.383. The molecule has 0 saturated heterocycles. The van der Waals surface area contributed by atoms with Crippen LogP contribution in [0.3, 0.4) is 0 Å². The Morgan fingerprint density at radius 2 is 1.84 bits per heavy atom. The summed E-state index contributed by atoms with van der Waals surface area (Å²) in [5.41, 5.74) is 5.85. The van der Waals surface area contributed by atoms with Crippen molar-refractivity contribution in [3.63, 3.8) is 0 Å². The molecular formula is C29H27N3O4S. The van der Waals surface area contributed by atoms with Crippen molar-refractivity contribution in [1.82, 2.24) is 14.6 Å². The Morgan fingerprint density at radius 3 is 2.62 bits per heavy atom. The van der Waals surface area contributed by atoms with Gasteiger partial charge in [-0.25, -0.2) is 13.7 Å². The number of pyridine rings is 1. The molecule has 1 aromatic heterocycles. The first-order valence-corrected chi connectivity index (χ1v) is 13.7. The van der Waals surface area contributed by atoms with Crippen LogP contribution in [-0.2, 0) is 27.5 Å². The number of nitrogens with zero attached hydrogens (tertiary/aromatic N) is 2. The summed E-state index contributed by atoms with van der Waals surface area (Å²) >= 11 is 0. The van der Waals surface area contributed by atoms with Crippen LogP contribution in [0.5, 0.6) is 0 Å². The number of amides is 1. The number of aliphatic hydroxyl groups is 1. The molecule has 37 heavy (non-hydrogen) atoms. The van der Waals surface area contributed by atoms with E-state index in [4.69, 9.17) is 5.11 Å². The van der Waals surface area contributed by atoms with Crippen LogP contribution in [-0.4, -0.2) is 50.0 Å². The Morgan fingerprint density at radius 1 is 1.03 bits per heavy atom.